The van der Waals surface area contributed by atoms with Crippen LogP contribution in [0, 0.1) is 13.8 Å². The molecule has 31 heavy (non-hydrogen) atoms. The first-order valence-corrected chi connectivity index (χ1v) is 10.2. The summed E-state index contributed by atoms with van der Waals surface area (Å²) >= 11 is 0. The smallest absolute Gasteiger partial charge is 0.306 e. The van der Waals surface area contributed by atoms with Gasteiger partial charge in [-0.15, -0.1) is 0 Å². The molecular weight excluding hydrogens is 392 g/mol. The van der Waals surface area contributed by atoms with Crippen LogP contribution >= 0.6 is 0 Å². The van der Waals surface area contributed by atoms with Crippen LogP contribution < -0.4 is 10.6 Å². The summed E-state index contributed by atoms with van der Waals surface area (Å²) in [6.07, 6.45) is 0.598. The molecule has 0 aliphatic rings. The van der Waals surface area contributed by atoms with Gasteiger partial charge in [0.15, 0.2) is 6.61 Å². The van der Waals surface area contributed by atoms with Crippen molar-refractivity contribution in [2.24, 2.45) is 0 Å². The highest BCUT2D eigenvalue weighted by molar-refractivity contribution is 6.02. The second kappa shape index (κ2) is 10.4. The Morgan fingerprint density at radius 2 is 1.55 bits per heavy atom. The molecule has 3 aromatic carbocycles. The Balaban J connectivity index is 1.38. The number of benzene rings is 3. The van der Waals surface area contributed by atoms with Gasteiger partial charge in [-0.1, -0.05) is 54.1 Å². The maximum absolute atomic E-state index is 12.2. The van der Waals surface area contributed by atoms with Crippen LogP contribution in [0.4, 0.5) is 11.4 Å². The average Bonchev–Trinajstić information content (AvgIpc) is 2.74. The summed E-state index contributed by atoms with van der Waals surface area (Å²) in [6.45, 7) is 3.52. The van der Waals surface area contributed by atoms with Crippen LogP contribution in [-0.2, 0) is 19.1 Å². The molecule has 6 heteroatoms. The number of nitrogens with one attached hydrogen (secondary N) is 2. The monoisotopic (exact) mass is 418 g/mol. The van der Waals surface area contributed by atoms with E-state index in [1.54, 1.807) is 0 Å². The van der Waals surface area contributed by atoms with Gasteiger partial charge in [-0.2, -0.15) is 0 Å². The van der Waals surface area contributed by atoms with Gasteiger partial charge in [0.2, 0.25) is 5.91 Å². The molecule has 0 aliphatic carbocycles. The van der Waals surface area contributed by atoms with Crippen LogP contribution in [0.3, 0.4) is 0 Å². The minimum atomic E-state index is -0.506. The first-order chi connectivity index (χ1) is 14.9. The standard InChI is InChI=1S/C25H26N2O4/c1-17-13-14-21(18(2)15-17)26-24(29)16-31-25(30)12-6-11-23(28)27-22-10-5-8-19-7-3-4-9-20(19)22/h3-5,7-10,13-15H,6,11-12,16H2,1-2H3,(H,26,29)(H,27,28). The molecule has 2 N–H and O–H groups in total. The van der Waals surface area contributed by atoms with Gasteiger partial charge in [0.25, 0.3) is 5.91 Å². The Kier molecular flexibility index (Phi) is 7.38. The van der Waals surface area contributed by atoms with E-state index in [1.807, 2.05) is 74.5 Å². The maximum atomic E-state index is 12.2. The number of esters is 1. The van der Waals surface area contributed by atoms with E-state index in [9.17, 15) is 14.4 Å². The van der Waals surface area contributed by atoms with Crippen molar-refractivity contribution in [2.45, 2.75) is 33.1 Å². The van der Waals surface area contributed by atoms with Crippen molar-refractivity contribution in [1.29, 1.82) is 0 Å². The molecular formula is C25H26N2O4. The van der Waals surface area contributed by atoms with Crippen LogP contribution in [0.25, 0.3) is 10.8 Å². The zero-order chi connectivity index (χ0) is 22.2. The molecule has 0 saturated heterocycles. The minimum absolute atomic E-state index is 0.0692. The Hall–Kier alpha value is -3.67. The molecule has 160 valence electrons. The molecule has 0 radical (unpaired) electrons. The number of rotatable bonds is 8. The molecule has 2 amide bonds. The van der Waals surface area contributed by atoms with Crippen molar-refractivity contribution in [3.05, 3.63) is 71.8 Å². The maximum Gasteiger partial charge on any atom is 0.306 e. The zero-order valence-electron chi connectivity index (χ0n) is 17.7. The Bertz CT molecular complexity index is 1100. The van der Waals surface area contributed by atoms with Crippen LogP contribution in [0.1, 0.15) is 30.4 Å². The predicted octanol–water partition coefficient (Wildman–Crippen LogP) is 4.75. The molecule has 0 bridgehead atoms. The van der Waals surface area contributed by atoms with Gasteiger partial charge in [0.05, 0.1) is 0 Å². The molecule has 3 aromatic rings. The quantitative estimate of drug-likeness (QED) is 0.517. The summed E-state index contributed by atoms with van der Waals surface area (Å²) in [5.41, 5.74) is 3.48. The number of carbonyl (C=O) groups excluding carboxylic acids is 3. The first-order valence-electron chi connectivity index (χ1n) is 10.2. The third-order valence-electron chi connectivity index (χ3n) is 4.87. The van der Waals surface area contributed by atoms with Crippen molar-refractivity contribution in [1.82, 2.24) is 0 Å². The predicted molar refractivity (Wildman–Crippen MR) is 122 cm³/mol. The van der Waals surface area contributed by atoms with E-state index in [0.717, 1.165) is 27.6 Å². The molecule has 0 heterocycles. The highest BCUT2D eigenvalue weighted by Gasteiger charge is 2.11. The van der Waals surface area contributed by atoms with Crippen LogP contribution in [0.5, 0.6) is 0 Å². The van der Waals surface area contributed by atoms with E-state index in [1.165, 1.54) is 0 Å². The third kappa shape index (κ3) is 6.40. The van der Waals surface area contributed by atoms with Crippen LogP contribution in [-0.4, -0.2) is 24.4 Å². The van der Waals surface area contributed by atoms with Gasteiger partial charge in [0, 0.05) is 29.6 Å². The highest BCUT2D eigenvalue weighted by atomic mass is 16.5. The summed E-state index contributed by atoms with van der Waals surface area (Å²) in [6, 6.07) is 19.2. The van der Waals surface area contributed by atoms with Crippen molar-refractivity contribution < 1.29 is 19.1 Å². The largest absolute Gasteiger partial charge is 0.456 e. The average molecular weight is 418 g/mol. The SMILES string of the molecule is Cc1ccc(NC(=O)COC(=O)CCCC(=O)Nc2cccc3ccccc23)c(C)c1. The number of aryl methyl sites for hydroxylation is 2. The number of hydrogen-bond acceptors (Lipinski definition) is 4. The van der Waals surface area contributed by atoms with E-state index in [4.69, 9.17) is 4.74 Å². The Labute approximate surface area is 181 Å². The summed E-state index contributed by atoms with van der Waals surface area (Å²) in [7, 11) is 0. The van der Waals surface area contributed by atoms with E-state index >= 15 is 0 Å². The van der Waals surface area contributed by atoms with Gasteiger partial charge >= 0.3 is 5.97 Å². The number of amides is 2. The molecule has 3 rings (SSSR count). The lowest BCUT2D eigenvalue weighted by Gasteiger charge is -2.10. The summed E-state index contributed by atoms with van der Waals surface area (Å²) in [5, 5.41) is 7.63. The van der Waals surface area contributed by atoms with Gasteiger partial charge in [-0.05, 0) is 43.4 Å². The van der Waals surface area contributed by atoms with Crippen molar-refractivity contribution >= 4 is 39.9 Å². The minimum Gasteiger partial charge on any atom is -0.456 e. The second-order valence-electron chi connectivity index (χ2n) is 7.46. The summed E-state index contributed by atoms with van der Waals surface area (Å²) < 4.78 is 5.01. The van der Waals surface area contributed by atoms with Gasteiger partial charge in [0.1, 0.15) is 0 Å². The van der Waals surface area contributed by atoms with Crippen LogP contribution in [0.2, 0.25) is 0 Å². The van der Waals surface area contributed by atoms with E-state index in [0.29, 0.717) is 12.1 Å². The number of hydrogen-bond donors (Lipinski definition) is 2. The lowest BCUT2D eigenvalue weighted by atomic mass is 10.1. The fraction of sp³-hybridized carbons (Fsp3) is 0.240. The molecule has 0 spiro atoms. The van der Waals surface area contributed by atoms with E-state index < -0.39 is 11.9 Å². The highest BCUT2D eigenvalue weighted by Crippen LogP contribution is 2.23. The van der Waals surface area contributed by atoms with Gasteiger partial charge in [-0.3, -0.25) is 14.4 Å². The molecule has 6 nitrogen and oxygen atoms in total. The molecule has 0 atom stereocenters. The number of ether oxygens (including phenoxy) is 1. The Morgan fingerprint density at radius 3 is 2.35 bits per heavy atom. The number of anilines is 2. The van der Waals surface area contributed by atoms with Gasteiger partial charge < -0.3 is 15.4 Å². The molecule has 0 aliphatic heterocycles. The fourth-order valence-corrected chi connectivity index (χ4v) is 3.30. The molecule has 0 fully saturated rings. The topological polar surface area (TPSA) is 84.5 Å². The third-order valence-corrected chi connectivity index (χ3v) is 4.87. The Morgan fingerprint density at radius 1 is 0.806 bits per heavy atom. The number of carbonyl (C=O) groups is 3. The number of fused-ring (bicyclic) bond motifs is 1. The summed E-state index contributed by atoms with van der Waals surface area (Å²) in [4.78, 5) is 36.1. The van der Waals surface area contributed by atoms with Gasteiger partial charge in [-0.25, -0.2) is 0 Å². The second-order valence-corrected chi connectivity index (χ2v) is 7.46. The van der Waals surface area contributed by atoms with Crippen molar-refractivity contribution in [3.8, 4) is 0 Å². The lowest BCUT2D eigenvalue weighted by molar-refractivity contribution is -0.147. The molecule has 0 aromatic heterocycles. The summed E-state index contributed by atoms with van der Waals surface area (Å²) in [5.74, 6) is -1.07. The van der Waals surface area contributed by atoms with E-state index in [-0.39, 0.29) is 25.4 Å². The van der Waals surface area contributed by atoms with Crippen LogP contribution in [0.15, 0.2) is 60.7 Å². The molecule has 0 saturated carbocycles. The van der Waals surface area contributed by atoms with Crippen molar-refractivity contribution in [2.75, 3.05) is 17.2 Å². The van der Waals surface area contributed by atoms with E-state index in [2.05, 4.69) is 10.6 Å². The molecule has 0 unspecified atom stereocenters. The zero-order valence-corrected chi connectivity index (χ0v) is 17.7. The lowest BCUT2D eigenvalue weighted by Crippen LogP contribution is -2.21. The normalized spacial score (nSPS) is 10.5. The van der Waals surface area contributed by atoms with Crippen molar-refractivity contribution in [3.63, 3.8) is 0 Å². The first kappa shape index (κ1) is 22.0. The fourth-order valence-electron chi connectivity index (χ4n) is 3.30.